The van der Waals surface area contributed by atoms with Crippen molar-refractivity contribution in [3.8, 4) is 0 Å². The molecule has 2 heteroatoms. The number of hydrogen-bond donors (Lipinski definition) is 1. The Bertz CT molecular complexity index is 312. The van der Waals surface area contributed by atoms with Gasteiger partial charge in [-0.15, -0.1) is 0 Å². The summed E-state index contributed by atoms with van der Waals surface area (Å²) in [6, 6.07) is 0. The Morgan fingerprint density at radius 1 is 1.35 bits per heavy atom. The lowest BCUT2D eigenvalue weighted by molar-refractivity contribution is -0.149. The van der Waals surface area contributed by atoms with Crippen molar-refractivity contribution in [2.75, 3.05) is 6.61 Å². The Hall–Kier alpha value is -0.370. The third kappa shape index (κ3) is 1.85. The predicted molar refractivity (Wildman–Crippen MR) is 68.7 cm³/mol. The fraction of sp³-hybridized carbons (Fsp3) is 0.933. The molecule has 2 nitrogen and oxygen atoms in total. The molecule has 0 aromatic rings. The van der Waals surface area contributed by atoms with Gasteiger partial charge in [0.1, 0.15) is 5.78 Å². The van der Waals surface area contributed by atoms with Crippen LogP contribution in [0.15, 0.2) is 0 Å². The van der Waals surface area contributed by atoms with Gasteiger partial charge in [0.2, 0.25) is 0 Å². The zero-order valence-electron chi connectivity index (χ0n) is 11.5. The second kappa shape index (κ2) is 4.38. The lowest BCUT2D eigenvalue weighted by Crippen LogP contribution is -2.53. The third-order valence-corrected chi connectivity index (χ3v) is 5.97. The van der Waals surface area contributed by atoms with Gasteiger partial charge in [0, 0.05) is 18.4 Å². The number of Topliss-reactive ketones (excluding diaryl/α,β-unsaturated/α-hetero) is 1. The molecule has 2 fully saturated rings. The SMILES string of the molecule is C[C@H]1CC[C@@]2(C)C(=O)CCC[C@@H]2[C@@]1(C)CCO. The molecule has 2 saturated carbocycles. The van der Waals surface area contributed by atoms with Gasteiger partial charge in [-0.25, -0.2) is 0 Å². The molecule has 1 N–H and O–H groups in total. The molecule has 0 aliphatic heterocycles. The van der Waals surface area contributed by atoms with Gasteiger partial charge in [-0.3, -0.25) is 4.79 Å². The summed E-state index contributed by atoms with van der Waals surface area (Å²) in [7, 11) is 0. The number of fused-ring (bicyclic) bond motifs is 1. The Labute approximate surface area is 105 Å². The van der Waals surface area contributed by atoms with E-state index in [9.17, 15) is 9.90 Å². The number of carbonyl (C=O) groups is 1. The van der Waals surface area contributed by atoms with Crippen molar-refractivity contribution in [1.82, 2.24) is 0 Å². The first-order valence-electron chi connectivity index (χ1n) is 7.09. The minimum Gasteiger partial charge on any atom is -0.396 e. The maximum atomic E-state index is 12.3. The first-order valence-corrected chi connectivity index (χ1v) is 7.09. The van der Waals surface area contributed by atoms with Gasteiger partial charge in [0.05, 0.1) is 0 Å². The molecular weight excluding hydrogens is 212 g/mol. The largest absolute Gasteiger partial charge is 0.396 e. The van der Waals surface area contributed by atoms with Gasteiger partial charge in [-0.05, 0) is 49.4 Å². The Kier molecular flexibility index (Phi) is 3.37. The average Bonchev–Trinajstić information content (AvgIpc) is 2.28. The molecule has 98 valence electrons. The molecule has 4 atom stereocenters. The predicted octanol–water partition coefficient (Wildman–Crippen LogP) is 3.18. The van der Waals surface area contributed by atoms with Crippen molar-refractivity contribution in [1.29, 1.82) is 0 Å². The number of rotatable bonds is 2. The van der Waals surface area contributed by atoms with Crippen molar-refractivity contribution in [3.05, 3.63) is 0 Å². The van der Waals surface area contributed by atoms with Crippen LogP contribution in [0.1, 0.15) is 59.3 Å². The molecule has 0 unspecified atom stereocenters. The summed E-state index contributed by atoms with van der Waals surface area (Å²) in [5.74, 6) is 1.58. The van der Waals surface area contributed by atoms with Crippen LogP contribution in [0.2, 0.25) is 0 Å². The molecule has 0 saturated heterocycles. The van der Waals surface area contributed by atoms with E-state index in [1.165, 1.54) is 6.42 Å². The lowest BCUT2D eigenvalue weighted by Gasteiger charge is -2.56. The molecule has 0 aromatic heterocycles. The molecule has 2 rings (SSSR count). The van der Waals surface area contributed by atoms with Crippen LogP contribution in [0.25, 0.3) is 0 Å². The standard InChI is InChI=1S/C15H26O2/c1-11-7-8-15(3)12(5-4-6-13(15)17)14(11,2)9-10-16/h11-12,16H,4-10H2,1-3H3/t11-,12+,14-,15+/m0/s1. The van der Waals surface area contributed by atoms with Crippen molar-refractivity contribution in [2.45, 2.75) is 59.3 Å². The van der Waals surface area contributed by atoms with E-state index in [1.807, 2.05) is 0 Å². The second-order valence-corrected chi connectivity index (χ2v) is 6.70. The van der Waals surface area contributed by atoms with Crippen molar-refractivity contribution < 1.29 is 9.90 Å². The highest BCUT2D eigenvalue weighted by atomic mass is 16.3. The Morgan fingerprint density at radius 3 is 2.71 bits per heavy atom. The lowest BCUT2D eigenvalue weighted by atomic mass is 9.47. The molecule has 2 aliphatic carbocycles. The van der Waals surface area contributed by atoms with E-state index >= 15 is 0 Å². The van der Waals surface area contributed by atoms with Crippen molar-refractivity contribution >= 4 is 5.78 Å². The van der Waals surface area contributed by atoms with Crippen LogP contribution < -0.4 is 0 Å². The van der Waals surface area contributed by atoms with Crippen LogP contribution in [0.3, 0.4) is 0 Å². The number of ketones is 1. The second-order valence-electron chi connectivity index (χ2n) is 6.70. The zero-order valence-corrected chi connectivity index (χ0v) is 11.5. The summed E-state index contributed by atoms with van der Waals surface area (Å²) in [5.41, 5.74) is 0.0481. The van der Waals surface area contributed by atoms with Gasteiger partial charge in [-0.1, -0.05) is 20.8 Å². The first kappa shape index (κ1) is 13.1. The highest BCUT2D eigenvalue weighted by Gasteiger charge is 2.55. The fourth-order valence-corrected chi connectivity index (χ4v) is 4.49. The van der Waals surface area contributed by atoms with Crippen LogP contribution in [0, 0.1) is 22.7 Å². The monoisotopic (exact) mass is 238 g/mol. The van der Waals surface area contributed by atoms with E-state index in [0.717, 1.165) is 32.1 Å². The fourth-order valence-electron chi connectivity index (χ4n) is 4.49. The van der Waals surface area contributed by atoms with Crippen molar-refractivity contribution in [2.24, 2.45) is 22.7 Å². The van der Waals surface area contributed by atoms with E-state index in [1.54, 1.807) is 0 Å². The average molecular weight is 238 g/mol. The van der Waals surface area contributed by atoms with Gasteiger partial charge in [0.25, 0.3) is 0 Å². The van der Waals surface area contributed by atoms with Crippen molar-refractivity contribution in [3.63, 3.8) is 0 Å². The summed E-state index contributed by atoms with van der Waals surface area (Å²) >= 11 is 0. The van der Waals surface area contributed by atoms with Gasteiger partial charge >= 0.3 is 0 Å². The summed E-state index contributed by atoms with van der Waals surface area (Å²) in [4.78, 5) is 12.3. The van der Waals surface area contributed by atoms with Crippen LogP contribution in [-0.2, 0) is 4.79 Å². The van der Waals surface area contributed by atoms with Crippen LogP contribution in [-0.4, -0.2) is 17.5 Å². The Morgan fingerprint density at radius 2 is 2.06 bits per heavy atom. The summed E-state index contributed by atoms with van der Waals surface area (Å²) in [6.07, 6.45) is 6.03. The summed E-state index contributed by atoms with van der Waals surface area (Å²) < 4.78 is 0. The Balaban J connectivity index is 2.34. The zero-order chi connectivity index (χ0) is 12.7. The topological polar surface area (TPSA) is 37.3 Å². The molecule has 0 heterocycles. The minimum absolute atomic E-state index is 0.102. The smallest absolute Gasteiger partial charge is 0.139 e. The minimum atomic E-state index is -0.102. The van der Waals surface area contributed by atoms with E-state index < -0.39 is 0 Å². The van der Waals surface area contributed by atoms with E-state index in [-0.39, 0.29) is 17.4 Å². The maximum absolute atomic E-state index is 12.3. The number of carbonyl (C=O) groups excluding carboxylic acids is 1. The molecule has 0 amide bonds. The molecule has 0 bridgehead atoms. The van der Waals surface area contributed by atoms with E-state index in [0.29, 0.717) is 17.6 Å². The summed E-state index contributed by atoms with van der Waals surface area (Å²) in [5, 5.41) is 9.36. The van der Waals surface area contributed by atoms with E-state index in [2.05, 4.69) is 20.8 Å². The summed E-state index contributed by atoms with van der Waals surface area (Å²) in [6.45, 7) is 7.03. The third-order valence-electron chi connectivity index (χ3n) is 5.97. The molecule has 2 aliphatic rings. The molecule has 0 aromatic carbocycles. The normalized spacial score (nSPS) is 46.7. The van der Waals surface area contributed by atoms with E-state index in [4.69, 9.17) is 0 Å². The molecule has 17 heavy (non-hydrogen) atoms. The molecular formula is C15H26O2. The van der Waals surface area contributed by atoms with Gasteiger partial charge < -0.3 is 5.11 Å². The number of aliphatic hydroxyl groups excluding tert-OH is 1. The molecule has 0 spiro atoms. The maximum Gasteiger partial charge on any atom is 0.139 e. The highest BCUT2D eigenvalue weighted by molar-refractivity contribution is 5.85. The van der Waals surface area contributed by atoms with Crippen LogP contribution >= 0.6 is 0 Å². The highest BCUT2D eigenvalue weighted by Crippen LogP contribution is 2.59. The van der Waals surface area contributed by atoms with Gasteiger partial charge in [-0.2, -0.15) is 0 Å². The van der Waals surface area contributed by atoms with Crippen LogP contribution in [0.5, 0.6) is 0 Å². The first-order chi connectivity index (χ1) is 7.95. The number of aliphatic hydroxyl groups is 1. The number of hydrogen-bond acceptors (Lipinski definition) is 2. The quantitative estimate of drug-likeness (QED) is 0.802. The van der Waals surface area contributed by atoms with Crippen LogP contribution in [0.4, 0.5) is 0 Å². The van der Waals surface area contributed by atoms with Gasteiger partial charge in [0.15, 0.2) is 0 Å². The molecule has 0 radical (unpaired) electrons.